The number of benzene rings is 1. The molecule has 0 saturated heterocycles. The predicted molar refractivity (Wildman–Crippen MR) is 139 cm³/mol. The van der Waals surface area contributed by atoms with Gasteiger partial charge in [0, 0.05) is 61.3 Å². The van der Waals surface area contributed by atoms with Crippen LogP contribution in [0.25, 0.3) is 27.8 Å². The van der Waals surface area contributed by atoms with Crippen molar-refractivity contribution in [1.82, 2.24) is 24.0 Å². The molecule has 8 nitrogen and oxygen atoms in total. The Morgan fingerprint density at radius 2 is 1.83 bits per heavy atom. The lowest BCUT2D eigenvalue weighted by Crippen LogP contribution is -2.38. The van der Waals surface area contributed by atoms with Gasteiger partial charge in [0.1, 0.15) is 5.60 Å². The fourth-order valence-corrected chi connectivity index (χ4v) is 4.79. The Kier molecular flexibility index (Phi) is 5.90. The maximum Gasteiger partial charge on any atom is 0.410 e. The third-order valence-corrected chi connectivity index (χ3v) is 6.61. The van der Waals surface area contributed by atoms with Crippen LogP contribution < -0.4 is 5.69 Å². The van der Waals surface area contributed by atoms with Crippen LogP contribution in [0.15, 0.2) is 53.6 Å². The average Bonchev–Trinajstić information content (AvgIpc) is 2.96. The Morgan fingerprint density at radius 3 is 2.53 bits per heavy atom. The van der Waals surface area contributed by atoms with Crippen molar-refractivity contribution in [2.75, 3.05) is 13.1 Å². The molecular formula is C28H31N5O3. The van der Waals surface area contributed by atoms with Gasteiger partial charge < -0.3 is 14.2 Å². The van der Waals surface area contributed by atoms with Crippen LogP contribution in [-0.2, 0) is 24.6 Å². The molecule has 186 valence electrons. The van der Waals surface area contributed by atoms with Gasteiger partial charge in [0.2, 0.25) is 0 Å². The van der Waals surface area contributed by atoms with E-state index >= 15 is 0 Å². The summed E-state index contributed by atoms with van der Waals surface area (Å²) in [4.78, 5) is 35.9. The molecule has 5 rings (SSSR count). The molecule has 0 radical (unpaired) electrons. The number of hydrogen-bond acceptors (Lipinski definition) is 5. The van der Waals surface area contributed by atoms with Crippen molar-refractivity contribution in [1.29, 1.82) is 0 Å². The van der Waals surface area contributed by atoms with Crippen LogP contribution in [0.1, 0.15) is 37.7 Å². The van der Waals surface area contributed by atoms with Gasteiger partial charge in [0.15, 0.2) is 0 Å². The lowest BCUT2D eigenvalue weighted by molar-refractivity contribution is 0.0258. The first kappa shape index (κ1) is 23.8. The molecule has 1 aromatic carbocycles. The first-order valence-corrected chi connectivity index (χ1v) is 12.2. The highest BCUT2D eigenvalue weighted by atomic mass is 16.6. The molecule has 0 N–H and O–H groups in total. The van der Waals surface area contributed by atoms with E-state index < -0.39 is 5.60 Å². The van der Waals surface area contributed by atoms with Crippen molar-refractivity contribution in [3.63, 3.8) is 0 Å². The molecule has 0 spiro atoms. The number of pyridine rings is 1. The smallest absolute Gasteiger partial charge is 0.410 e. The second-order valence-corrected chi connectivity index (χ2v) is 10.3. The zero-order valence-electron chi connectivity index (χ0n) is 21.4. The van der Waals surface area contributed by atoms with Gasteiger partial charge in [0.25, 0.3) is 0 Å². The highest BCUT2D eigenvalue weighted by Gasteiger charge is 2.26. The van der Waals surface area contributed by atoms with Crippen LogP contribution in [0, 0.1) is 6.92 Å². The van der Waals surface area contributed by atoms with Gasteiger partial charge in [-0.05, 0) is 70.0 Å². The van der Waals surface area contributed by atoms with Crippen molar-refractivity contribution in [2.24, 2.45) is 7.05 Å². The van der Waals surface area contributed by atoms with E-state index in [2.05, 4.69) is 20.6 Å². The summed E-state index contributed by atoms with van der Waals surface area (Å²) in [6, 6.07) is 11.7. The molecule has 0 aliphatic carbocycles. The van der Waals surface area contributed by atoms with Gasteiger partial charge in [-0.3, -0.25) is 9.55 Å². The number of fused-ring (bicyclic) bond motifs is 3. The molecule has 36 heavy (non-hydrogen) atoms. The lowest BCUT2D eigenvalue weighted by atomic mass is 10.1. The number of aryl methyl sites for hydroxylation is 2. The second-order valence-electron chi connectivity index (χ2n) is 10.3. The number of carbonyl (C=O) groups excluding carboxylic acids is 1. The van der Waals surface area contributed by atoms with Gasteiger partial charge in [-0.1, -0.05) is 6.07 Å². The number of nitrogens with zero attached hydrogens (tertiary/aromatic N) is 5. The number of hydrogen-bond donors (Lipinski definition) is 0. The topological polar surface area (TPSA) is 82.3 Å². The summed E-state index contributed by atoms with van der Waals surface area (Å²) in [6.07, 6.45) is 4.73. The van der Waals surface area contributed by atoms with Gasteiger partial charge >= 0.3 is 11.8 Å². The van der Waals surface area contributed by atoms with Crippen LogP contribution in [0.2, 0.25) is 0 Å². The summed E-state index contributed by atoms with van der Waals surface area (Å²) < 4.78 is 9.32. The maximum atomic E-state index is 12.9. The second kappa shape index (κ2) is 8.93. The molecular weight excluding hydrogens is 454 g/mol. The third-order valence-electron chi connectivity index (χ3n) is 6.61. The van der Waals surface area contributed by atoms with Crippen LogP contribution in [-0.4, -0.2) is 48.8 Å². The summed E-state index contributed by atoms with van der Waals surface area (Å²) in [5, 5.41) is 1.14. The Morgan fingerprint density at radius 1 is 1.06 bits per heavy atom. The van der Waals surface area contributed by atoms with Crippen molar-refractivity contribution in [3.8, 4) is 16.9 Å². The fourth-order valence-electron chi connectivity index (χ4n) is 4.79. The monoisotopic (exact) mass is 485 g/mol. The van der Waals surface area contributed by atoms with E-state index in [9.17, 15) is 9.59 Å². The molecule has 1 aliphatic rings. The van der Waals surface area contributed by atoms with Crippen LogP contribution in [0.3, 0.4) is 0 Å². The highest BCUT2D eigenvalue weighted by Crippen LogP contribution is 2.30. The van der Waals surface area contributed by atoms with E-state index in [0.717, 1.165) is 40.7 Å². The van der Waals surface area contributed by atoms with E-state index in [1.165, 1.54) is 11.3 Å². The molecule has 8 heteroatoms. The molecule has 0 atom stereocenters. The number of amides is 1. The van der Waals surface area contributed by atoms with Crippen molar-refractivity contribution in [2.45, 2.75) is 46.1 Å². The molecule has 1 aliphatic heterocycles. The van der Waals surface area contributed by atoms with Crippen LogP contribution in [0.4, 0.5) is 4.79 Å². The van der Waals surface area contributed by atoms with Crippen molar-refractivity contribution in [3.05, 3.63) is 76.2 Å². The molecule has 4 heterocycles. The minimum atomic E-state index is -0.512. The number of ether oxygens (including phenoxy) is 1. The zero-order valence-corrected chi connectivity index (χ0v) is 21.4. The molecule has 0 saturated carbocycles. The molecule has 4 aromatic rings. The summed E-state index contributed by atoms with van der Waals surface area (Å²) in [7, 11) is 2.04. The molecule has 0 bridgehead atoms. The summed E-state index contributed by atoms with van der Waals surface area (Å²) in [6.45, 7) is 8.80. The van der Waals surface area contributed by atoms with Gasteiger partial charge in [-0.2, -0.15) is 4.98 Å². The van der Waals surface area contributed by atoms with E-state index in [1.807, 2.05) is 65.1 Å². The Bertz CT molecular complexity index is 1510. The van der Waals surface area contributed by atoms with Crippen molar-refractivity contribution < 1.29 is 9.53 Å². The zero-order chi connectivity index (χ0) is 25.6. The summed E-state index contributed by atoms with van der Waals surface area (Å²) in [5.41, 5.74) is 5.76. The Balaban J connectivity index is 1.44. The molecule has 0 unspecified atom stereocenters. The summed E-state index contributed by atoms with van der Waals surface area (Å²) in [5.74, 6) is 0. The van der Waals surface area contributed by atoms with Crippen molar-refractivity contribution >= 4 is 17.0 Å². The van der Waals surface area contributed by atoms with Gasteiger partial charge in [-0.25, -0.2) is 9.59 Å². The molecule has 0 fully saturated rings. The minimum absolute atomic E-state index is 0.265. The van der Waals surface area contributed by atoms with Gasteiger partial charge in [-0.15, -0.1) is 0 Å². The summed E-state index contributed by atoms with van der Waals surface area (Å²) >= 11 is 0. The van der Waals surface area contributed by atoms with E-state index in [4.69, 9.17) is 4.74 Å². The van der Waals surface area contributed by atoms with E-state index in [0.29, 0.717) is 18.8 Å². The normalized spacial score (nSPS) is 14.0. The van der Waals surface area contributed by atoms with E-state index in [1.54, 1.807) is 21.9 Å². The predicted octanol–water partition coefficient (Wildman–Crippen LogP) is 4.43. The van der Waals surface area contributed by atoms with E-state index in [-0.39, 0.29) is 11.8 Å². The third kappa shape index (κ3) is 4.51. The first-order chi connectivity index (χ1) is 17.1. The first-order valence-electron chi connectivity index (χ1n) is 12.2. The quantitative estimate of drug-likeness (QED) is 0.420. The Hall–Kier alpha value is -3.94. The molecule has 1 amide bonds. The lowest BCUT2D eigenvalue weighted by Gasteiger charge is -2.26. The average molecular weight is 486 g/mol. The standard InChI is InChI=1S/C28H31N5O3/c1-18-6-7-19(17-29-18)23-11-15-33(26(34)30-23)20-8-9-21-22-10-13-32(27(35)36-28(2,3)4)14-12-24(22)31(5)25(21)16-20/h6-9,11,15-17H,10,12-14H2,1-5H3. The maximum absolute atomic E-state index is 12.9. The van der Waals surface area contributed by atoms with Crippen LogP contribution in [0.5, 0.6) is 0 Å². The minimum Gasteiger partial charge on any atom is -0.444 e. The SMILES string of the molecule is Cc1ccc(-c2ccn(-c3ccc4c5c(n(C)c4c3)CCN(C(=O)OC(C)(C)C)CC5)c(=O)n2)cn1. The fraction of sp³-hybridized carbons (Fsp3) is 0.357. The van der Waals surface area contributed by atoms with Crippen LogP contribution >= 0.6 is 0 Å². The Labute approximate surface area is 210 Å². The van der Waals surface area contributed by atoms with Gasteiger partial charge in [0.05, 0.1) is 16.9 Å². The number of rotatable bonds is 2. The largest absolute Gasteiger partial charge is 0.444 e. The number of aromatic nitrogens is 4. The highest BCUT2D eigenvalue weighted by molar-refractivity contribution is 5.87. The number of carbonyl (C=O) groups is 1. The molecule has 3 aromatic heterocycles.